The van der Waals surface area contributed by atoms with Crippen molar-refractivity contribution in [1.29, 1.82) is 0 Å². The molecule has 0 unspecified atom stereocenters. The van der Waals surface area contributed by atoms with Crippen molar-refractivity contribution in [2.75, 3.05) is 26.7 Å². The van der Waals surface area contributed by atoms with Crippen LogP contribution in [0.25, 0.3) is 0 Å². The molecular formula is C21H24FN3O2. The number of benzene rings is 1. The number of rotatable bonds is 5. The fourth-order valence-electron chi connectivity index (χ4n) is 3.40. The van der Waals surface area contributed by atoms with Crippen LogP contribution in [0.15, 0.2) is 48.8 Å². The van der Waals surface area contributed by atoms with Crippen LogP contribution in [-0.4, -0.2) is 53.3 Å². The average Bonchev–Trinajstić information content (AvgIpc) is 2.72. The zero-order valence-electron chi connectivity index (χ0n) is 15.5. The number of halogens is 1. The Morgan fingerprint density at radius 3 is 2.48 bits per heavy atom. The van der Waals surface area contributed by atoms with Gasteiger partial charge in [0.25, 0.3) is 5.91 Å². The van der Waals surface area contributed by atoms with Crippen molar-refractivity contribution < 1.29 is 14.0 Å². The summed E-state index contributed by atoms with van der Waals surface area (Å²) in [5.74, 6) is -0.777. The van der Waals surface area contributed by atoms with Crippen molar-refractivity contribution in [2.45, 2.75) is 19.3 Å². The maximum atomic E-state index is 13.8. The van der Waals surface area contributed by atoms with Gasteiger partial charge in [-0.2, -0.15) is 0 Å². The minimum absolute atomic E-state index is 0.0860. The van der Waals surface area contributed by atoms with Gasteiger partial charge < -0.3 is 9.80 Å². The molecule has 0 aliphatic carbocycles. The number of pyridine rings is 1. The summed E-state index contributed by atoms with van der Waals surface area (Å²) in [5.41, 5.74) is 1.24. The molecule has 142 valence electrons. The second-order valence-electron chi connectivity index (χ2n) is 6.91. The van der Waals surface area contributed by atoms with Gasteiger partial charge in [0.2, 0.25) is 5.91 Å². The van der Waals surface area contributed by atoms with E-state index in [1.807, 2.05) is 19.2 Å². The number of likely N-dealkylation sites (tertiary alicyclic amines) is 1. The fraction of sp³-hybridized carbons (Fsp3) is 0.381. The van der Waals surface area contributed by atoms with Crippen molar-refractivity contribution in [1.82, 2.24) is 14.8 Å². The normalized spacial score (nSPS) is 14.8. The molecule has 6 heteroatoms. The van der Waals surface area contributed by atoms with Crippen LogP contribution in [0.4, 0.5) is 4.39 Å². The molecule has 2 amide bonds. The Bertz CT molecular complexity index is 789. The summed E-state index contributed by atoms with van der Waals surface area (Å²) in [6.07, 6.45) is 5.51. The Morgan fingerprint density at radius 1 is 1.15 bits per heavy atom. The first kappa shape index (κ1) is 19.0. The number of carbonyl (C=O) groups excluding carboxylic acids is 2. The number of likely N-dealkylation sites (N-methyl/N-ethyl adjacent to an activating group) is 1. The lowest BCUT2D eigenvalue weighted by molar-refractivity contribution is -0.135. The van der Waals surface area contributed by atoms with E-state index in [2.05, 4.69) is 4.98 Å². The van der Waals surface area contributed by atoms with E-state index in [4.69, 9.17) is 0 Å². The maximum Gasteiger partial charge on any atom is 0.256 e. The molecule has 0 spiro atoms. The maximum absolute atomic E-state index is 13.8. The third-order valence-electron chi connectivity index (χ3n) is 5.10. The van der Waals surface area contributed by atoms with Gasteiger partial charge in [-0.25, -0.2) is 4.39 Å². The number of nitrogens with zero attached hydrogens (tertiary/aromatic N) is 3. The summed E-state index contributed by atoms with van der Waals surface area (Å²) in [6.45, 7) is 1.60. The number of hydrogen-bond acceptors (Lipinski definition) is 3. The summed E-state index contributed by atoms with van der Waals surface area (Å²) < 4.78 is 13.8. The van der Waals surface area contributed by atoms with Gasteiger partial charge in [0.15, 0.2) is 0 Å². The summed E-state index contributed by atoms with van der Waals surface area (Å²) >= 11 is 0. The van der Waals surface area contributed by atoms with Crippen molar-refractivity contribution in [2.24, 2.45) is 5.92 Å². The van der Waals surface area contributed by atoms with Crippen LogP contribution in [0.5, 0.6) is 0 Å². The van der Waals surface area contributed by atoms with E-state index in [-0.39, 0.29) is 23.3 Å². The minimum atomic E-state index is -0.503. The van der Waals surface area contributed by atoms with Crippen molar-refractivity contribution in [3.05, 3.63) is 65.7 Å². The van der Waals surface area contributed by atoms with Crippen LogP contribution in [-0.2, 0) is 11.2 Å². The van der Waals surface area contributed by atoms with Gasteiger partial charge in [-0.1, -0.05) is 12.1 Å². The number of carbonyl (C=O) groups is 2. The summed E-state index contributed by atoms with van der Waals surface area (Å²) in [4.78, 5) is 32.5. The molecule has 0 radical (unpaired) electrons. The van der Waals surface area contributed by atoms with Crippen LogP contribution >= 0.6 is 0 Å². The van der Waals surface area contributed by atoms with Gasteiger partial charge in [0, 0.05) is 45.0 Å². The number of piperidine rings is 1. The molecule has 1 aliphatic rings. The van der Waals surface area contributed by atoms with Gasteiger partial charge in [-0.05, 0) is 49.1 Å². The summed E-state index contributed by atoms with van der Waals surface area (Å²) in [6, 6.07) is 9.92. The Morgan fingerprint density at radius 2 is 1.81 bits per heavy atom. The topological polar surface area (TPSA) is 53.5 Å². The molecule has 1 aliphatic heterocycles. The van der Waals surface area contributed by atoms with Crippen LogP contribution in [0.1, 0.15) is 28.8 Å². The van der Waals surface area contributed by atoms with Gasteiger partial charge in [0.1, 0.15) is 5.82 Å². The molecular weight excluding hydrogens is 345 g/mol. The predicted molar refractivity (Wildman–Crippen MR) is 101 cm³/mol. The smallest absolute Gasteiger partial charge is 0.256 e. The Hall–Kier alpha value is -2.76. The van der Waals surface area contributed by atoms with Crippen molar-refractivity contribution >= 4 is 11.8 Å². The van der Waals surface area contributed by atoms with Gasteiger partial charge in [-0.3, -0.25) is 14.6 Å². The number of aromatic nitrogens is 1. The summed E-state index contributed by atoms with van der Waals surface area (Å²) in [5, 5.41) is 0. The molecule has 0 saturated carbocycles. The van der Waals surface area contributed by atoms with Gasteiger partial charge in [-0.15, -0.1) is 0 Å². The lowest BCUT2D eigenvalue weighted by Crippen LogP contribution is -2.44. The first-order chi connectivity index (χ1) is 13.1. The predicted octanol–water partition coefficient (Wildman–Crippen LogP) is 2.77. The second kappa shape index (κ2) is 8.75. The van der Waals surface area contributed by atoms with E-state index in [0.29, 0.717) is 32.5 Å². The molecule has 1 saturated heterocycles. The van der Waals surface area contributed by atoms with E-state index in [9.17, 15) is 14.0 Å². The SMILES string of the molecule is CN(CCc1ccncc1)C(=O)C1CCN(C(=O)c2ccccc2F)CC1. The van der Waals surface area contributed by atoms with Crippen molar-refractivity contribution in [3.63, 3.8) is 0 Å². The average molecular weight is 369 g/mol. The molecule has 2 aromatic rings. The number of amides is 2. The second-order valence-corrected chi connectivity index (χ2v) is 6.91. The highest BCUT2D eigenvalue weighted by Crippen LogP contribution is 2.22. The molecule has 0 atom stereocenters. The highest BCUT2D eigenvalue weighted by molar-refractivity contribution is 5.94. The van der Waals surface area contributed by atoms with E-state index in [0.717, 1.165) is 12.0 Å². The van der Waals surface area contributed by atoms with E-state index >= 15 is 0 Å². The molecule has 0 bridgehead atoms. The minimum Gasteiger partial charge on any atom is -0.345 e. The zero-order valence-corrected chi connectivity index (χ0v) is 15.5. The molecule has 2 heterocycles. The molecule has 5 nitrogen and oxygen atoms in total. The Kier molecular flexibility index (Phi) is 6.16. The monoisotopic (exact) mass is 369 g/mol. The molecule has 1 aromatic heterocycles. The summed E-state index contributed by atoms with van der Waals surface area (Å²) in [7, 11) is 1.82. The fourth-order valence-corrected chi connectivity index (χ4v) is 3.40. The van der Waals surface area contributed by atoms with Gasteiger partial charge in [0.05, 0.1) is 5.56 Å². The zero-order chi connectivity index (χ0) is 19.2. The largest absolute Gasteiger partial charge is 0.345 e. The lowest BCUT2D eigenvalue weighted by Gasteiger charge is -2.33. The first-order valence-corrected chi connectivity index (χ1v) is 9.24. The highest BCUT2D eigenvalue weighted by atomic mass is 19.1. The van der Waals surface area contributed by atoms with Crippen LogP contribution in [0.2, 0.25) is 0 Å². The standard InChI is InChI=1S/C21H24FN3O2/c1-24(13-8-16-6-11-23-12-7-16)20(26)17-9-14-25(15-10-17)21(27)18-4-2-3-5-19(18)22/h2-7,11-12,17H,8-10,13-15H2,1H3. The van der Waals surface area contributed by atoms with Gasteiger partial charge >= 0.3 is 0 Å². The Labute approximate surface area is 158 Å². The third kappa shape index (κ3) is 4.70. The van der Waals surface area contributed by atoms with E-state index in [1.165, 1.54) is 12.1 Å². The highest BCUT2D eigenvalue weighted by Gasteiger charge is 2.30. The molecule has 27 heavy (non-hydrogen) atoms. The number of hydrogen-bond donors (Lipinski definition) is 0. The quantitative estimate of drug-likeness (QED) is 0.814. The first-order valence-electron chi connectivity index (χ1n) is 9.24. The van der Waals surface area contributed by atoms with Crippen LogP contribution < -0.4 is 0 Å². The molecule has 1 fully saturated rings. The lowest BCUT2D eigenvalue weighted by atomic mass is 9.94. The van der Waals surface area contributed by atoms with E-state index in [1.54, 1.807) is 34.3 Å². The molecule has 1 aromatic carbocycles. The van der Waals surface area contributed by atoms with Crippen LogP contribution in [0.3, 0.4) is 0 Å². The van der Waals surface area contributed by atoms with Crippen molar-refractivity contribution in [3.8, 4) is 0 Å². The Balaban J connectivity index is 1.50. The molecule has 3 rings (SSSR count). The van der Waals surface area contributed by atoms with E-state index < -0.39 is 5.82 Å². The molecule has 0 N–H and O–H groups in total. The third-order valence-corrected chi connectivity index (χ3v) is 5.10. The van der Waals surface area contributed by atoms with Crippen LogP contribution in [0, 0.1) is 11.7 Å².